The average molecular weight is 404 g/mol. The number of rotatable bonds is 7. The minimum atomic E-state index is -0.399. The number of benzene rings is 1. The molecule has 8 nitrogen and oxygen atoms in total. The van der Waals surface area contributed by atoms with Gasteiger partial charge in [-0.2, -0.15) is 5.01 Å². The van der Waals surface area contributed by atoms with Crippen molar-refractivity contribution in [2.45, 2.75) is 13.8 Å². The van der Waals surface area contributed by atoms with E-state index in [1.54, 1.807) is 30.0 Å². The topological polar surface area (TPSA) is 88.9 Å². The van der Waals surface area contributed by atoms with Crippen LogP contribution < -0.4 is 14.9 Å². The molecule has 0 unspecified atom stereocenters. The van der Waals surface area contributed by atoms with Gasteiger partial charge < -0.3 is 5.11 Å². The van der Waals surface area contributed by atoms with Crippen molar-refractivity contribution in [3.8, 4) is 0 Å². The molecule has 0 N–H and O–H groups in total. The molecule has 9 heteroatoms. The van der Waals surface area contributed by atoms with Gasteiger partial charge in [0.1, 0.15) is 0 Å². The Hall–Kier alpha value is -2.39. The number of hydrogen-bond acceptors (Lipinski definition) is 8. The maximum Gasteiger partial charge on any atom is 0.324 e. The maximum absolute atomic E-state index is 12.3. The number of hydrogen-bond donors (Lipinski definition) is 0. The molecule has 1 atom stereocenters. The molecule has 1 aromatic heterocycles. The van der Waals surface area contributed by atoms with E-state index < -0.39 is 5.92 Å². The van der Waals surface area contributed by atoms with E-state index in [0.29, 0.717) is 11.3 Å². The normalized spacial score (nSPS) is 16.9. The predicted octanol–water partition coefficient (Wildman–Crippen LogP) is 0.836. The Labute approximate surface area is 168 Å². The molecule has 1 saturated heterocycles. The van der Waals surface area contributed by atoms with Gasteiger partial charge in [0.25, 0.3) is 6.20 Å². The SMILES string of the molecule is CCN1CCN([n+]2cc(N=C([O-])[C@H](C)CSC(=O)c3ccccc3)on2)CC1. The minimum absolute atomic E-state index is 0.0519. The molecule has 0 bridgehead atoms. The Bertz CT molecular complexity index is 803. The van der Waals surface area contributed by atoms with Crippen LogP contribution in [0.25, 0.3) is 0 Å². The Kier molecular flexibility index (Phi) is 7.05. The highest BCUT2D eigenvalue weighted by atomic mass is 32.2. The molecule has 0 amide bonds. The van der Waals surface area contributed by atoms with E-state index in [2.05, 4.69) is 27.1 Å². The van der Waals surface area contributed by atoms with Gasteiger partial charge in [0.05, 0.1) is 17.9 Å². The molecule has 0 spiro atoms. The fourth-order valence-corrected chi connectivity index (χ4v) is 3.67. The first kappa shape index (κ1) is 20.3. The summed E-state index contributed by atoms with van der Waals surface area (Å²) in [4.78, 5) is 20.1. The predicted molar refractivity (Wildman–Crippen MR) is 106 cm³/mol. The molecule has 1 fully saturated rings. The number of thioether (sulfide) groups is 1. The molecular formula is C19H25N5O3S. The van der Waals surface area contributed by atoms with Crippen LogP contribution in [-0.2, 0) is 0 Å². The Morgan fingerprint density at radius 2 is 2.04 bits per heavy atom. The van der Waals surface area contributed by atoms with Crippen LogP contribution in [0.2, 0.25) is 0 Å². The van der Waals surface area contributed by atoms with Gasteiger partial charge in [-0.15, -0.1) is 0 Å². The van der Waals surface area contributed by atoms with Crippen LogP contribution in [0.15, 0.2) is 46.0 Å². The Morgan fingerprint density at radius 1 is 1.32 bits per heavy atom. The molecule has 0 radical (unpaired) electrons. The average Bonchev–Trinajstić information content (AvgIpc) is 3.20. The van der Waals surface area contributed by atoms with E-state index in [9.17, 15) is 9.90 Å². The molecule has 3 rings (SSSR count). The summed E-state index contributed by atoms with van der Waals surface area (Å²) in [7, 11) is 0. The lowest BCUT2D eigenvalue weighted by atomic mass is 10.2. The number of carbonyl (C=O) groups is 1. The highest BCUT2D eigenvalue weighted by molar-refractivity contribution is 8.14. The van der Waals surface area contributed by atoms with Crippen molar-refractivity contribution in [2.24, 2.45) is 10.9 Å². The van der Waals surface area contributed by atoms with Crippen molar-refractivity contribution < 1.29 is 19.2 Å². The van der Waals surface area contributed by atoms with Crippen molar-refractivity contribution in [3.63, 3.8) is 0 Å². The van der Waals surface area contributed by atoms with Gasteiger partial charge >= 0.3 is 5.88 Å². The zero-order valence-electron chi connectivity index (χ0n) is 16.2. The number of aromatic nitrogens is 2. The van der Waals surface area contributed by atoms with Gasteiger partial charge in [0.2, 0.25) is 10.4 Å². The second-order valence-corrected chi connectivity index (χ2v) is 7.66. The van der Waals surface area contributed by atoms with Gasteiger partial charge in [0.15, 0.2) is 0 Å². The molecule has 1 aliphatic rings. The number of carbonyl (C=O) groups excluding carboxylic acids is 1. The van der Waals surface area contributed by atoms with Crippen molar-refractivity contribution in [3.05, 3.63) is 42.1 Å². The first-order valence-electron chi connectivity index (χ1n) is 9.41. The summed E-state index contributed by atoms with van der Waals surface area (Å²) in [6, 6.07) is 9.03. The van der Waals surface area contributed by atoms with E-state index in [1.807, 2.05) is 18.2 Å². The molecular weight excluding hydrogens is 378 g/mol. The number of nitrogens with zero attached hydrogens (tertiary/aromatic N) is 5. The zero-order valence-corrected chi connectivity index (χ0v) is 17.0. The monoisotopic (exact) mass is 403 g/mol. The van der Waals surface area contributed by atoms with Gasteiger partial charge in [-0.25, -0.2) is 4.99 Å². The Morgan fingerprint density at radius 3 is 2.71 bits per heavy atom. The van der Waals surface area contributed by atoms with Gasteiger partial charge in [-0.3, -0.25) is 14.2 Å². The highest BCUT2D eigenvalue weighted by Gasteiger charge is 2.25. The third-order valence-electron chi connectivity index (χ3n) is 4.65. The number of piperazine rings is 1. The molecule has 2 heterocycles. The number of likely N-dealkylation sites (N-methyl/N-ethyl adjacent to an activating group) is 1. The van der Waals surface area contributed by atoms with Crippen LogP contribution in [0, 0.1) is 5.92 Å². The smallest absolute Gasteiger partial charge is 0.324 e. The third-order valence-corrected chi connectivity index (χ3v) is 5.81. The summed E-state index contributed by atoms with van der Waals surface area (Å²) in [5.74, 6) is -0.186. The molecule has 28 heavy (non-hydrogen) atoms. The third kappa shape index (κ3) is 5.32. The second-order valence-electron chi connectivity index (χ2n) is 6.66. The van der Waals surface area contributed by atoms with Crippen molar-refractivity contribution in [2.75, 3.05) is 43.5 Å². The molecule has 1 aliphatic heterocycles. The van der Waals surface area contributed by atoms with Crippen LogP contribution in [0.3, 0.4) is 0 Å². The molecule has 0 aliphatic carbocycles. The fourth-order valence-electron chi connectivity index (χ4n) is 2.82. The van der Waals surface area contributed by atoms with E-state index in [0.717, 1.165) is 44.5 Å². The van der Waals surface area contributed by atoms with E-state index in [4.69, 9.17) is 4.52 Å². The molecule has 150 valence electrons. The van der Waals surface area contributed by atoms with Crippen LogP contribution >= 0.6 is 11.8 Å². The summed E-state index contributed by atoms with van der Waals surface area (Å²) in [6.45, 7) is 8.55. The molecule has 0 saturated carbocycles. The highest BCUT2D eigenvalue weighted by Crippen LogP contribution is 2.17. The second kappa shape index (κ2) is 9.70. The molecule has 2 aromatic rings. The van der Waals surface area contributed by atoms with Crippen molar-refractivity contribution >= 4 is 28.7 Å². The minimum Gasteiger partial charge on any atom is -0.861 e. The lowest BCUT2D eigenvalue weighted by molar-refractivity contribution is -0.759. The quantitative estimate of drug-likeness (QED) is 0.384. The summed E-state index contributed by atoms with van der Waals surface area (Å²) in [6.07, 6.45) is 1.62. The van der Waals surface area contributed by atoms with Crippen molar-refractivity contribution in [1.82, 2.24) is 10.2 Å². The standard InChI is InChI=1S/C19H25N5O3S/c1-3-22-9-11-23(12-10-22)24-13-17(27-21-24)20-18(25)15(2)14-28-19(26)16-7-5-4-6-8-16/h4-8,13,15H,3,9-12,14H2,1-2H3/t15-/m1/s1. The van der Waals surface area contributed by atoms with E-state index in [-0.39, 0.29) is 16.9 Å². The first-order chi connectivity index (χ1) is 13.6. The van der Waals surface area contributed by atoms with Gasteiger partial charge in [-0.05, 0) is 18.4 Å². The fraction of sp³-hybridized carbons (Fsp3) is 0.474. The van der Waals surface area contributed by atoms with Crippen LogP contribution in [0.5, 0.6) is 0 Å². The van der Waals surface area contributed by atoms with Gasteiger partial charge in [0, 0.05) is 24.4 Å². The van der Waals surface area contributed by atoms with Crippen LogP contribution in [0.1, 0.15) is 24.2 Å². The summed E-state index contributed by atoms with van der Waals surface area (Å²) < 4.78 is 5.18. The van der Waals surface area contributed by atoms with E-state index >= 15 is 0 Å². The van der Waals surface area contributed by atoms with Crippen LogP contribution in [-0.4, -0.2) is 59.7 Å². The lowest BCUT2D eigenvalue weighted by Crippen LogP contribution is -2.65. The maximum atomic E-state index is 12.3. The summed E-state index contributed by atoms with van der Waals surface area (Å²) in [5.41, 5.74) is 0.628. The van der Waals surface area contributed by atoms with Gasteiger partial charge in [-0.1, -0.05) is 55.9 Å². The van der Waals surface area contributed by atoms with Crippen molar-refractivity contribution in [1.29, 1.82) is 0 Å². The summed E-state index contributed by atoms with van der Waals surface area (Å²) >= 11 is 1.12. The van der Waals surface area contributed by atoms with Crippen LogP contribution in [0.4, 0.5) is 5.88 Å². The Balaban J connectivity index is 1.53. The largest absolute Gasteiger partial charge is 0.861 e. The zero-order chi connectivity index (χ0) is 19.9. The lowest BCUT2D eigenvalue weighted by Gasteiger charge is -2.28. The first-order valence-corrected chi connectivity index (χ1v) is 10.4. The summed E-state index contributed by atoms with van der Waals surface area (Å²) in [5, 5.41) is 18.3. The van der Waals surface area contributed by atoms with E-state index in [1.165, 1.54) is 0 Å². The number of aliphatic imine (C=N–C) groups is 1. The molecule has 1 aromatic carbocycles.